The molecule has 9 nitrogen and oxygen atoms in total. The van der Waals surface area contributed by atoms with E-state index in [1.807, 2.05) is 17.6 Å². The highest BCUT2D eigenvalue weighted by atomic mass is 16.2. The molecule has 3 rings (SSSR count). The Morgan fingerprint density at radius 3 is 2.70 bits per heavy atom. The molecule has 0 saturated carbocycles. The minimum atomic E-state index is -0.588. The maximum Gasteiger partial charge on any atom is 0.332 e. The Morgan fingerprint density at radius 2 is 2.00 bits per heavy atom. The monoisotopic (exact) mass is 315 g/mol. The van der Waals surface area contributed by atoms with Crippen LogP contribution in [0.25, 0.3) is 0 Å². The summed E-state index contributed by atoms with van der Waals surface area (Å²) >= 11 is 0. The number of nitriles is 1. The number of anilines is 1. The smallest absolute Gasteiger partial charge is 0.332 e. The van der Waals surface area contributed by atoms with Gasteiger partial charge in [-0.3, -0.25) is 13.9 Å². The first-order valence-corrected chi connectivity index (χ1v) is 7.29. The van der Waals surface area contributed by atoms with Gasteiger partial charge in [0.1, 0.15) is 23.5 Å². The lowest BCUT2D eigenvalue weighted by Crippen LogP contribution is -2.42. The van der Waals surface area contributed by atoms with Crippen LogP contribution >= 0.6 is 0 Å². The number of nitrogens with one attached hydrogen (secondary N) is 1. The van der Waals surface area contributed by atoms with Gasteiger partial charge in [-0.1, -0.05) is 0 Å². The van der Waals surface area contributed by atoms with Gasteiger partial charge < -0.3 is 9.88 Å². The highest BCUT2D eigenvalue weighted by Crippen LogP contribution is 2.19. The van der Waals surface area contributed by atoms with E-state index < -0.39 is 11.2 Å². The van der Waals surface area contributed by atoms with Crippen molar-refractivity contribution >= 4 is 5.82 Å². The second-order valence-electron chi connectivity index (χ2n) is 5.70. The summed E-state index contributed by atoms with van der Waals surface area (Å²) < 4.78 is 4.24. The Bertz CT molecular complexity index is 928. The van der Waals surface area contributed by atoms with Crippen molar-refractivity contribution in [3.63, 3.8) is 0 Å². The molecule has 0 saturated heterocycles. The molecule has 0 fully saturated rings. The lowest BCUT2D eigenvalue weighted by molar-refractivity contribution is 0.466. The molecule has 0 aromatic carbocycles. The summed E-state index contributed by atoms with van der Waals surface area (Å²) in [7, 11) is 2.91. The average molecular weight is 315 g/mol. The molecule has 1 atom stereocenters. The summed E-state index contributed by atoms with van der Waals surface area (Å²) in [4.78, 5) is 24.2. The topological polar surface area (TPSA) is 111 Å². The molecule has 1 unspecified atom stereocenters. The highest BCUT2D eigenvalue weighted by molar-refractivity contribution is 5.51. The molecule has 0 radical (unpaired) electrons. The Morgan fingerprint density at radius 1 is 1.26 bits per heavy atom. The van der Waals surface area contributed by atoms with Gasteiger partial charge in [-0.2, -0.15) is 5.26 Å². The molecule has 0 spiro atoms. The third-order valence-corrected chi connectivity index (χ3v) is 4.25. The molecule has 3 heterocycles. The lowest BCUT2D eigenvalue weighted by atomic mass is 10.1. The maximum absolute atomic E-state index is 12.1. The zero-order valence-electron chi connectivity index (χ0n) is 13.2. The molecule has 0 aliphatic carbocycles. The molecule has 120 valence electrons. The summed E-state index contributed by atoms with van der Waals surface area (Å²) in [5, 5.41) is 20.6. The fraction of sp³-hybridized carbons (Fsp3) is 0.500. The van der Waals surface area contributed by atoms with E-state index in [0.29, 0.717) is 6.54 Å². The molecule has 1 aliphatic rings. The molecule has 23 heavy (non-hydrogen) atoms. The van der Waals surface area contributed by atoms with Crippen LogP contribution in [0, 0.1) is 18.3 Å². The lowest BCUT2D eigenvalue weighted by Gasteiger charge is -2.27. The maximum atomic E-state index is 12.1. The molecule has 0 amide bonds. The molecular formula is C14H17N7O2. The molecule has 1 N–H and O–H groups in total. The molecule has 2 aromatic heterocycles. The van der Waals surface area contributed by atoms with Crippen molar-refractivity contribution in [1.29, 1.82) is 5.26 Å². The predicted octanol–water partition coefficient (Wildman–Crippen LogP) is -0.717. The SMILES string of the molecule is Cc1nnc2n1CC(Nc1c(C#N)c(=O)n(C)c(=O)n1C)CC2. The van der Waals surface area contributed by atoms with Crippen LogP contribution in [-0.2, 0) is 27.1 Å². The van der Waals surface area contributed by atoms with Gasteiger partial charge in [0, 0.05) is 33.1 Å². The minimum Gasteiger partial charge on any atom is -0.366 e. The fourth-order valence-electron chi connectivity index (χ4n) is 2.89. The Labute approximate surface area is 131 Å². The van der Waals surface area contributed by atoms with E-state index in [-0.39, 0.29) is 17.4 Å². The van der Waals surface area contributed by atoms with Crippen LogP contribution < -0.4 is 16.6 Å². The molecule has 1 aliphatic heterocycles. The first kappa shape index (κ1) is 15.0. The van der Waals surface area contributed by atoms with Gasteiger partial charge in [-0.25, -0.2) is 4.79 Å². The number of aryl methyl sites for hydroxylation is 2. The van der Waals surface area contributed by atoms with E-state index in [0.717, 1.165) is 29.1 Å². The van der Waals surface area contributed by atoms with Crippen molar-refractivity contribution in [3.8, 4) is 6.07 Å². The summed E-state index contributed by atoms with van der Waals surface area (Å²) in [6, 6.07) is 1.89. The Balaban J connectivity index is 1.99. The van der Waals surface area contributed by atoms with E-state index in [1.54, 1.807) is 7.05 Å². The third kappa shape index (κ3) is 2.32. The van der Waals surface area contributed by atoms with E-state index in [9.17, 15) is 14.9 Å². The van der Waals surface area contributed by atoms with Gasteiger partial charge in [0.15, 0.2) is 5.56 Å². The van der Waals surface area contributed by atoms with Gasteiger partial charge in [0.05, 0.1) is 0 Å². The van der Waals surface area contributed by atoms with Crippen molar-refractivity contribution < 1.29 is 0 Å². The number of nitrogens with zero attached hydrogens (tertiary/aromatic N) is 6. The van der Waals surface area contributed by atoms with E-state index >= 15 is 0 Å². The largest absolute Gasteiger partial charge is 0.366 e. The second kappa shape index (κ2) is 5.39. The average Bonchev–Trinajstić information content (AvgIpc) is 2.92. The van der Waals surface area contributed by atoms with Crippen molar-refractivity contribution in [2.45, 2.75) is 32.4 Å². The Hall–Kier alpha value is -2.89. The van der Waals surface area contributed by atoms with Crippen LogP contribution in [0.2, 0.25) is 0 Å². The first-order valence-electron chi connectivity index (χ1n) is 7.29. The minimum absolute atomic E-state index is 0.0120. The van der Waals surface area contributed by atoms with Gasteiger partial charge in [0.2, 0.25) is 0 Å². The third-order valence-electron chi connectivity index (χ3n) is 4.25. The fourth-order valence-corrected chi connectivity index (χ4v) is 2.89. The second-order valence-corrected chi connectivity index (χ2v) is 5.70. The number of fused-ring (bicyclic) bond motifs is 1. The number of aromatic nitrogens is 5. The van der Waals surface area contributed by atoms with Crippen molar-refractivity contribution in [2.75, 3.05) is 5.32 Å². The van der Waals surface area contributed by atoms with Crippen molar-refractivity contribution in [3.05, 3.63) is 38.1 Å². The van der Waals surface area contributed by atoms with Gasteiger partial charge in [-0.05, 0) is 13.3 Å². The van der Waals surface area contributed by atoms with Crippen LogP contribution in [0.15, 0.2) is 9.59 Å². The summed E-state index contributed by atoms with van der Waals surface area (Å²) in [5.74, 6) is 2.02. The summed E-state index contributed by atoms with van der Waals surface area (Å²) in [5.41, 5.74) is -1.11. The van der Waals surface area contributed by atoms with Crippen molar-refractivity contribution in [1.82, 2.24) is 23.9 Å². The predicted molar refractivity (Wildman–Crippen MR) is 82.1 cm³/mol. The summed E-state index contributed by atoms with van der Waals surface area (Å²) in [6.07, 6.45) is 1.53. The highest BCUT2D eigenvalue weighted by Gasteiger charge is 2.24. The van der Waals surface area contributed by atoms with Crippen LogP contribution in [0.4, 0.5) is 5.82 Å². The molecule has 9 heteroatoms. The Kier molecular flexibility index (Phi) is 3.52. The standard InChI is InChI=1S/C14H17N7O2/c1-8-17-18-11-5-4-9(7-21(8)11)16-12-10(6-15)13(22)20(3)14(23)19(12)2/h9,16H,4-5,7H2,1-3H3. The van der Waals surface area contributed by atoms with E-state index in [2.05, 4.69) is 15.5 Å². The molecule has 2 aromatic rings. The normalized spacial score (nSPS) is 16.7. The van der Waals surface area contributed by atoms with Gasteiger partial charge in [-0.15, -0.1) is 10.2 Å². The van der Waals surface area contributed by atoms with Gasteiger partial charge >= 0.3 is 5.69 Å². The number of rotatable bonds is 2. The molecular weight excluding hydrogens is 298 g/mol. The van der Waals surface area contributed by atoms with E-state index in [4.69, 9.17) is 0 Å². The van der Waals surface area contributed by atoms with Crippen LogP contribution in [0.5, 0.6) is 0 Å². The quantitative estimate of drug-likeness (QED) is 0.783. The molecule has 0 bridgehead atoms. The van der Waals surface area contributed by atoms with Crippen LogP contribution in [0.1, 0.15) is 23.6 Å². The first-order chi connectivity index (χ1) is 10.9. The van der Waals surface area contributed by atoms with Gasteiger partial charge in [0.25, 0.3) is 5.56 Å². The van der Waals surface area contributed by atoms with Crippen LogP contribution in [-0.4, -0.2) is 29.9 Å². The van der Waals surface area contributed by atoms with Crippen LogP contribution in [0.3, 0.4) is 0 Å². The zero-order chi connectivity index (χ0) is 16.7. The van der Waals surface area contributed by atoms with E-state index in [1.165, 1.54) is 11.6 Å². The zero-order valence-corrected chi connectivity index (χ0v) is 13.2. The number of hydrogen-bond donors (Lipinski definition) is 1. The van der Waals surface area contributed by atoms with Crippen molar-refractivity contribution in [2.24, 2.45) is 14.1 Å². The number of hydrogen-bond acceptors (Lipinski definition) is 6. The summed E-state index contributed by atoms with van der Waals surface area (Å²) in [6.45, 7) is 2.51.